The van der Waals surface area contributed by atoms with E-state index in [2.05, 4.69) is 17.1 Å². The average Bonchev–Trinajstić information content (AvgIpc) is 2.67. The fraction of sp³-hybridized carbons (Fsp3) is 0.350. The second kappa shape index (κ2) is 7.99. The lowest BCUT2D eigenvalue weighted by Crippen LogP contribution is -2.40. The Morgan fingerprint density at radius 2 is 2.00 bits per heavy atom. The van der Waals surface area contributed by atoms with E-state index in [-0.39, 0.29) is 6.04 Å². The van der Waals surface area contributed by atoms with Gasteiger partial charge in [-0.15, -0.1) is 0 Å². The van der Waals surface area contributed by atoms with Crippen LogP contribution in [0.4, 0.5) is 4.79 Å². The number of aromatic nitrogens is 1. The Hall–Kier alpha value is -2.89. The fourth-order valence-electron chi connectivity index (χ4n) is 3.64. The van der Waals surface area contributed by atoms with Crippen molar-refractivity contribution in [3.8, 4) is 0 Å². The molecule has 3 rings (SSSR count). The Morgan fingerprint density at radius 3 is 2.69 bits per heavy atom. The van der Waals surface area contributed by atoms with Crippen molar-refractivity contribution >= 4 is 12.0 Å². The number of rotatable bonds is 5. The van der Waals surface area contributed by atoms with Gasteiger partial charge in [-0.25, -0.2) is 4.79 Å². The van der Waals surface area contributed by atoms with Crippen LogP contribution in [0.1, 0.15) is 46.8 Å². The smallest absolute Gasteiger partial charge is 0.407 e. The standard InChI is InChI=1S/C20H23N3O3/c21-19(24)17-11-16(12-22-13-17)18-10-15(8-9-23(18)20(25)26)7-6-14-4-2-1-3-5-14/h1-5,11-13,15,18H,6-10H2,(H2,21,24)(H,25,26). The van der Waals surface area contributed by atoms with Crippen LogP contribution < -0.4 is 5.73 Å². The summed E-state index contributed by atoms with van der Waals surface area (Å²) >= 11 is 0. The van der Waals surface area contributed by atoms with Crippen LogP contribution in [-0.4, -0.2) is 33.5 Å². The number of benzene rings is 1. The van der Waals surface area contributed by atoms with E-state index >= 15 is 0 Å². The quantitative estimate of drug-likeness (QED) is 0.862. The van der Waals surface area contributed by atoms with Crippen LogP contribution in [0.5, 0.6) is 0 Å². The van der Waals surface area contributed by atoms with E-state index in [1.54, 1.807) is 12.3 Å². The van der Waals surface area contributed by atoms with Gasteiger partial charge in [0, 0.05) is 18.9 Å². The van der Waals surface area contributed by atoms with Crippen LogP contribution in [0.25, 0.3) is 0 Å². The number of aryl methyl sites for hydroxylation is 1. The van der Waals surface area contributed by atoms with Gasteiger partial charge in [0.15, 0.2) is 0 Å². The van der Waals surface area contributed by atoms with Crippen molar-refractivity contribution in [2.24, 2.45) is 11.7 Å². The van der Waals surface area contributed by atoms with Gasteiger partial charge in [0.2, 0.25) is 5.91 Å². The molecule has 0 aliphatic carbocycles. The molecule has 1 aliphatic rings. The highest BCUT2D eigenvalue weighted by Crippen LogP contribution is 2.36. The van der Waals surface area contributed by atoms with Gasteiger partial charge in [-0.3, -0.25) is 9.78 Å². The van der Waals surface area contributed by atoms with Crippen LogP contribution >= 0.6 is 0 Å². The maximum absolute atomic E-state index is 11.7. The molecular formula is C20H23N3O3. The lowest BCUT2D eigenvalue weighted by atomic mass is 9.84. The molecule has 136 valence electrons. The monoisotopic (exact) mass is 353 g/mol. The number of hydrogen-bond acceptors (Lipinski definition) is 3. The number of primary amides is 1. The molecule has 2 unspecified atom stereocenters. The maximum Gasteiger partial charge on any atom is 0.407 e. The third kappa shape index (κ3) is 4.20. The van der Waals surface area contributed by atoms with Crippen molar-refractivity contribution < 1.29 is 14.7 Å². The minimum absolute atomic E-state index is 0.297. The van der Waals surface area contributed by atoms with E-state index in [1.165, 1.54) is 16.7 Å². The molecule has 26 heavy (non-hydrogen) atoms. The first kappa shape index (κ1) is 17.9. The van der Waals surface area contributed by atoms with Gasteiger partial charge < -0.3 is 15.7 Å². The first-order chi connectivity index (χ1) is 12.5. The number of carbonyl (C=O) groups excluding carboxylic acids is 1. The summed E-state index contributed by atoms with van der Waals surface area (Å²) in [5.74, 6) is -0.134. The second-order valence-electron chi connectivity index (χ2n) is 6.78. The third-order valence-electron chi connectivity index (χ3n) is 5.07. The lowest BCUT2D eigenvalue weighted by molar-refractivity contribution is 0.0876. The SMILES string of the molecule is NC(=O)c1cncc(C2CC(CCc3ccccc3)CCN2C(=O)O)c1. The fourth-order valence-corrected chi connectivity index (χ4v) is 3.64. The van der Waals surface area contributed by atoms with Crippen LogP contribution in [0.2, 0.25) is 0 Å². The Labute approximate surface area is 152 Å². The third-order valence-corrected chi connectivity index (χ3v) is 5.07. The molecular weight excluding hydrogens is 330 g/mol. The normalized spacial score (nSPS) is 19.9. The topological polar surface area (TPSA) is 96.5 Å². The largest absolute Gasteiger partial charge is 0.465 e. The molecule has 0 saturated carbocycles. The number of hydrogen-bond donors (Lipinski definition) is 2. The number of piperidine rings is 1. The summed E-state index contributed by atoms with van der Waals surface area (Å²) in [4.78, 5) is 28.6. The lowest BCUT2D eigenvalue weighted by Gasteiger charge is -2.38. The molecule has 3 N–H and O–H groups in total. The van der Waals surface area contributed by atoms with Crippen molar-refractivity contribution in [3.05, 3.63) is 65.5 Å². The van der Waals surface area contributed by atoms with Crippen molar-refractivity contribution in [2.75, 3.05) is 6.54 Å². The number of nitrogens with two attached hydrogens (primary N) is 1. The van der Waals surface area contributed by atoms with Gasteiger partial charge in [-0.2, -0.15) is 0 Å². The molecule has 2 atom stereocenters. The summed E-state index contributed by atoms with van der Waals surface area (Å²) in [7, 11) is 0. The number of pyridine rings is 1. The molecule has 0 spiro atoms. The zero-order chi connectivity index (χ0) is 18.5. The van der Waals surface area contributed by atoms with Crippen LogP contribution in [0.3, 0.4) is 0 Å². The summed E-state index contributed by atoms with van der Waals surface area (Å²) < 4.78 is 0. The van der Waals surface area contributed by atoms with Gasteiger partial charge in [-0.05, 0) is 48.8 Å². The van der Waals surface area contributed by atoms with Gasteiger partial charge in [0.05, 0.1) is 11.6 Å². The zero-order valence-corrected chi connectivity index (χ0v) is 14.5. The number of nitrogens with zero attached hydrogens (tertiary/aromatic N) is 2. The van der Waals surface area contributed by atoms with Crippen molar-refractivity contribution in [1.29, 1.82) is 0 Å². The van der Waals surface area contributed by atoms with Gasteiger partial charge in [-0.1, -0.05) is 30.3 Å². The molecule has 1 aliphatic heterocycles. The number of likely N-dealkylation sites (tertiary alicyclic amines) is 1. The molecule has 1 saturated heterocycles. The van der Waals surface area contributed by atoms with E-state index in [1.807, 2.05) is 18.2 Å². The second-order valence-corrected chi connectivity index (χ2v) is 6.78. The summed E-state index contributed by atoms with van der Waals surface area (Å²) in [6.07, 6.45) is 5.66. The molecule has 1 fully saturated rings. The van der Waals surface area contributed by atoms with Crippen LogP contribution in [0, 0.1) is 5.92 Å². The van der Waals surface area contributed by atoms with Crippen LogP contribution in [0.15, 0.2) is 48.8 Å². The van der Waals surface area contributed by atoms with E-state index in [9.17, 15) is 14.7 Å². The molecule has 1 aromatic carbocycles. The Balaban J connectivity index is 1.75. The highest BCUT2D eigenvalue weighted by molar-refractivity contribution is 5.92. The highest BCUT2D eigenvalue weighted by Gasteiger charge is 2.32. The van der Waals surface area contributed by atoms with Gasteiger partial charge >= 0.3 is 6.09 Å². The molecule has 2 amide bonds. The van der Waals surface area contributed by atoms with Gasteiger partial charge in [0.25, 0.3) is 0 Å². The highest BCUT2D eigenvalue weighted by atomic mass is 16.4. The van der Waals surface area contributed by atoms with Crippen molar-refractivity contribution in [1.82, 2.24) is 9.88 Å². The summed E-state index contributed by atoms with van der Waals surface area (Å²) in [5, 5.41) is 9.56. The predicted octanol–water partition coefficient (Wildman–Crippen LogP) is 3.24. The number of carboxylic acid groups (broad SMARTS) is 1. The molecule has 0 bridgehead atoms. The molecule has 6 nitrogen and oxygen atoms in total. The van der Waals surface area contributed by atoms with Crippen LogP contribution in [-0.2, 0) is 6.42 Å². The van der Waals surface area contributed by atoms with E-state index in [4.69, 9.17) is 5.73 Å². The molecule has 0 radical (unpaired) electrons. The van der Waals surface area contributed by atoms with Crippen molar-refractivity contribution in [3.63, 3.8) is 0 Å². The molecule has 2 heterocycles. The average molecular weight is 353 g/mol. The van der Waals surface area contributed by atoms with E-state index in [0.29, 0.717) is 18.0 Å². The first-order valence-corrected chi connectivity index (χ1v) is 8.83. The zero-order valence-electron chi connectivity index (χ0n) is 14.5. The molecule has 1 aromatic heterocycles. The Morgan fingerprint density at radius 1 is 1.23 bits per heavy atom. The first-order valence-electron chi connectivity index (χ1n) is 8.83. The Kier molecular flexibility index (Phi) is 5.51. The summed E-state index contributed by atoms with van der Waals surface area (Å²) in [6.45, 7) is 0.486. The molecule has 2 aromatic rings. The summed E-state index contributed by atoms with van der Waals surface area (Å²) in [5.41, 5.74) is 7.67. The Bertz CT molecular complexity index is 779. The minimum atomic E-state index is -0.944. The number of amides is 2. The van der Waals surface area contributed by atoms with Gasteiger partial charge in [0.1, 0.15) is 0 Å². The van der Waals surface area contributed by atoms with E-state index < -0.39 is 12.0 Å². The summed E-state index contributed by atoms with van der Waals surface area (Å²) in [6, 6.07) is 11.7. The number of carbonyl (C=O) groups is 2. The minimum Gasteiger partial charge on any atom is -0.465 e. The maximum atomic E-state index is 11.7. The van der Waals surface area contributed by atoms with Crippen molar-refractivity contribution in [2.45, 2.75) is 31.7 Å². The predicted molar refractivity (Wildman–Crippen MR) is 97.7 cm³/mol. The van der Waals surface area contributed by atoms with E-state index in [0.717, 1.165) is 31.2 Å². The molecule has 6 heteroatoms.